The van der Waals surface area contributed by atoms with Gasteiger partial charge in [0.25, 0.3) is 0 Å². The van der Waals surface area contributed by atoms with E-state index in [0.29, 0.717) is 12.1 Å². The van der Waals surface area contributed by atoms with Gasteiger partial charge >= 0.3 is 0 Å². The molecule has 16 heavy (non-hydrogen) atoms. The minimum absolute atomic E-state index is 0.0390. The Morgan fingerprint density at radius 3 is 2.94 bits per heavy atom. The van der Waals surface area contributed by atoms with Gasteiger partial charge in [-0.25, -0.2) is 0 Å². The molecule has 0 amide bonds. The smallest absolute Gasteiger partial charge is 0.0619 e. The highest BCUT2D eigenvalue weighted by molar-refractivity contribution is 4.99. The average molecular weight is 228 g/mol. The minimum atomic E-state index is -0.0390. The van der Waals surface area contributed by atoms with Crippen molar-refractivity contribution in [2.45, 2.75) is 43.8 Å². The molecule has 4 nitrogen and oxygen atoms in total. The third-order valence-corrected chi connectivity index (χ3v) is 4.30. The first-order valence-corrected chi connectivity index (χ1v) is 6.34. The molecule has 0 aromatic carbocycles. The van der Waals surface area contributed by atoms with E-state index in [-0.39, 0.29) is 12.1 Å². The fourth-order valence-corrected chi connectivity index (χ4v) is 3.11. The van der Waals surface area contributed by atoms with Crippen LogP contribution >= 0.6 is 0 Å². The maximum Gasteiger partial charge on any atom is 0.0619 e. The largest absolute Gasteiger partial charge is 0.394 e. The maximum absolute atomic E-state index is 9.49. The van der Waals surface area contributed by atoms with E-state index in [1.807, 2.05) is 7.05 Å². The van der Waals surface area contributed by atoms with Crippen molar-refractivity contribution in [3.8, 4) is 0 Å². The molecule has 2 rings (SSSR count). The monoisotopic (exact) mass is 228 g/mol. The fourth-order valence-electron chi connectivity index (χ4n) is 3.11. The van der Waals surface area contributed by atoms with Gasteiger partial charge < -0.3 is 15.2 Å². The number of ether oxygens (including phenoxy) is 1. The Balaban J connectivity index is 1.96. The molecule has 2 aliphatic rings. The van der Waals surface area contributed by atoms with Gasteiger partial charge in [0.1, 0.15) is 0 Å². The second kappa shape index (κ2) is 5.00. The summed E-state index contributed by atoms with van der Waals surface area (Å²) < 4.78 is 5.47. The zero-order valence-corrected chi connectivity index (χ0v) is 10.4. The Hall–Kier alpha value is -0.160. The van der Waals surface area contributed by atoms with E-state index in [1.54, 1.807) is 0 Å². The van der Waals surface area contributed by atoms with Gasteiger partial charge in [0.15, 0.2) is 0 Å². The predicted molar refractivity (Wildman–Crippen MR) is 63.5 cm³/mol. The molecule has 1 saturated carbocycles. The molecule has 1 saturated heterocycles. The summed E-state index contributed by atoms with van der Waals surface area (Å²) in [5.41, 5.74) is -0.0390. The number of morpholine rings is 1. The van der Waals surface area contributed by atoms with Gasteiger partial charge in [-0.1, -0.05) is 0 Å². The Kier molecular flexibility index (Phi) is 3.85. The Labute approximate surface area is 98.0 Å². The number of nitrogens with zero attached hydrogens (tertiary/aromatic N) is 1. The summed E-state index contributed by atoms with van der Waals surface area (Å²) in [5, 5.41) is 12.8. The summed E-state index contributed by atoms with van der Waals surface area (Å²) in [7, 11) is 1.96. The van der Waals surface area contributed by atoms with Crippen molar-refractivity contribution < 1.29 is 9.84 Å². The van der Waals surface area contributed by atoms with E-state index < -0.39 is 0 Å². The molecule has 0 radical (unpaired) electrons. The van der Waals surface area contributed by atoms with E-state index in [2.05, 4.69) is 17.1 Å². The number of hydrogen-bond donors (Lipinski definition) is 2. The highest BCUT2D eigenvalue weighted by Gasteiger charge is 2.41. The topological polar surface area (TPSA) is 44.7 Å². The van der Waals surface area contributed by atoms with Crippen LogP contribution < -0.4 is 5.32 Å². The molecule has 1 aliphatic heterocycles. The molecule has 0 spiro atoms. The highest BCUT2D eigenvalue weighted by Crippen LogP contribution is 2.33. The van der Waals surface area contributed by atoms with Crippen LogP contribution in [0.25, 0.3) is 0 Å². The fraction of sp³-hybridized carbons (Fsp3) is 1.00. The second-order valence-corrected chi connectivity index (χ2v) is 5.25. The third-order valence-electron chi connectivity index (χ3n) is 4.30. The van der Waals surface area contributed by atoms with Crippen LogP contribution in [0, 0.1) is 0 Å². The van der Waals surface area contributed by atoms with Crippen LogP contribution in [0.1, 0.15) is 26.2 Å². The van der Waals surface area contributed by atoms with E-state index in [4.69, 9.17) is 4.74 Å². The predicted octanol–water partition coefficient (Wildman–Crippen LogP) is 0.210. The molecule has 0 bridgehead atoms. The number of likely N-dealkylation sites (N-methyl/N-ethyl adjacent to an activating group) is 1. The molecular weight excluding hydrogens is 204 g/mol. The third kappa shape index (κ3) is 2.25. The first-order valence-electron chi connectivity index (χ1n) is 6.34. The second-order valence-electron chi connectivity index (χ2n) is 5.25. The van der Waals surface area contributed by atoms with Crippen LogP contribution in [-0.2, 0) is 4.74 Å². The first kappa shape index (κ1) is 12.3. The Morgan fingerprint density at radius 1 is 1.56 bits per heavy atom. The van der Waals surface area contributed by atoms with Crippen molar-refractivity contribution in [3.63, 3.8) is 0 Å². The van der Waals surface area contributed by atoms with Gasteiger partial charge in [-0.2, -0.15) is 0 Å². The van der Waals surface area contributed by atoms with Gasteiger partial charge in [-0.05, 0) is 33.2 Å². The van der Waals surface area contributed by atoms with Crippen molar-refractivity contribution >= 4 is 0 Å². The standard InChI is InChI=1S/C12H24N2O2/c1-10-8-16-6-5-14(10)11-3-4-12(7-11,9-15)13-2/h10-11,13,15H,3-9H2,1-2H3. The molecule has 1 heterocycles. The molecule has 3 atom stereocenters. The lowest BCUT2D eigenvalue weighted by molar-refractivity contribution is -0.0226. The minimum Gasteiger partial charge on any atom is -0.394 e. The van der Waals surface area contributed by atoms with Crippen molar-refractivity contribution in [1.82, 2.24) is 10.2 Å². The molecule has 0 aromatic heterocycles. The van der Waals surface area contributed by atoms with Crippen molar-refractivity contribution in [3.05, 3.63) is 0 Å². The van der Waals surface area contributed by atoms with E-state index >= 15 is 0 Å². The van der Waals surface area contributed by atoms with Crippen LogP contribution in [-0.4, -0.2) is 61.0 Å². The highest BCUT2D eigenvalue weighted by atomic mass is 16.5. The normalized spacial score (nSPS) is 41.4. The summed E-state index contributed by atoms with van der Waals surface area (Å²) in [6, 6.07) is 1.13. The average Bonchev–Trinajstić information content (AvgIpc) is 2.75. The number of aliphatic hydroxyl groups is 1. The van der Waals surface area contributed by atoms with Crippen LogP contribution in [0.4, 0.5) is 0 Å². The van der Waals surface area contributed by atoms with Gasteiger partial charge in [0.05, 0.1) is 19.8 Å². The van der Waals surface area contributed by atoms with Crippen molar-refractivity contribution in [2.24, 2.45) is 0 Å². The number of aliphatic hydroxyl groups excluding tert-OH is 1. The lowest BCUT2D eigenvalue weighted by atomic mass is 9.98. The Morgan fingerprint density at radius 2 is 2.38 bits per heavy atom. The van der Waals surface area contributed by atoms with Crippen LogP contribution in [0.3, 0.4) is 0 Å². The molecule has 94 valence electrons. The summed E-state index contributed by atoms with van der Waals surface area (Å²) in [6.45, 7) is 5.22. The van der Waals surface area contributed by atoms with E-state index in [9.17, 15) is 5.11 Å². The SMILES string of the molecule is CNC1(CO)CCC(N2CCOCC2C)C1. The van der Waals surface area contributed by atoms with E-state index in [0.717, 1.165) is 32.6 Å². The molecule has 3 unspecified atom stereocenters. The van der Waals surface area contributed by atoms with E-state index in [1.165, 1.54) is 6.42 Å². The lowest BCUT2D eigenvalue weighted by Crippen LogP contribution is -2.51. The molecule has 2 N–H and O–H groups in total. The van der Waals surface area contributed by atoms with Gasteiger partial charge in [0, 0.05) is 24.2 Å². The summed E-state index contributed by atoms with van der Waals surface area (Å²) in [6.07, 6.45) is 3.32. The Bertz CT molecular complexity index is 231. The summed E-state index contributed by atoms with van der Waals surface area (Å²) in [5.74, 6) is 0. The van der Waals surface area contributed by atoms with Crippen LogP contribution in [0.2, 0.25) is 0 Å². The number of rotatable bonds is 3. The zero-order valence-electron chi connectivity index (χ0n) is 10.4. The lowest BCUT2D eigenvalue weighted by Gasteiger charge is -2.38. The van der Waals surface area contributed by atoms with Gasteiger partial charge in [-0.15, -0.1) is 0 Å². The van der Waals surface area contributed by atoms with Crippen LogP contribution in [0.15, 0.2) is 0 Å². The molecule has 1 aliphatic carbocycles. The molecule has 4 heteroatoms. The first-order chi connectivity index (χ1) is 7.71. The summed E-state index contributed by atoms with van der Waals surface area (Å²) in [4.78, 5) is 2.55. The molecular formula is C12H24N2O2. The summed E-state index contributed by atoms with van der Waals surface area (Å²) >= 11 is 0. The number of hydrogen-bond acceptors (Lipinski definition) is 4. The maximum atomic E-state index is 9.49. The quantitative estimate of drug-likeness (QED) is 0.725. The van der Waals surface area contributed by atoms with Crippen molar-refractivity contribution in [1.29, 1.82) is 0 Å². The van der Waals surface area contributed by atoms with Gasteiger partial charge in [0.2, 0.25) is 0 Å². The van der Waals surface area contributed by atoms with Crippen LogP contribution in [0.5, 0.6) is 0 Å². The molecule has 2 fully saturated rings. The number of nitrogens with one attached hydrogen (secondary N) is 1. The molecule has 0 aromatic rings. The van der Waals surface area contributed by atoms with Crippen molar-refractivity contribution in [2.75, 3.05) is 33.4 Å². The zero-order chi connectivity index (χ0) is 11.6. The van der Waals surface area contributed by atoms with Gasteiger partial charge in [-0.3, -0.25) is 4.90 Å².